The Morgan fingerprint density at radius 2 is 1.80 bits per heavy atom. The Balaban J connectivity index is 2.08. The molecule has 0 bridgehead atoms. The van der Waals surface area contributed by atoms with Gasteiger partial charge in [-0.2, -0.15) is 0 Å². The zero-order chi connectivity index (χ0) is 3.54. The standard InChI is InChI=1S/CH4N2Si2/c1-4-2-3-5-1/h2-3H,1H2. The van der Waals surface area contributed by atoms with Gasteiger partial charge in [0.15, 0.2) is 19.4 Å². The van der Waals surface area contributed by atoms with Crippen molar-refractivity contribution in [3.05, 3.63) is 0 Å². The minimum Gasteiger partial charge on any atom is -0.288 e. The van der Waals surface area contributed by atoms with E-state index in [1.807, 2.05) is 0 Å². The second-order valence-corrected chi connectivity index (χ2v) is 3.40. The topological polar surface area (TPSA) is 24.1 Å². The molecule has 0 aromatic rings. The molecule has 1 rings (SSSR count). The minimum atomic E-state index is 0.960. The quantitative estimate of drug-likeness (QED) is 0.370. The van der Waals surface area contributed by atoms with Crippen molar-refractivity contribution in [2.75, 3.05) is 0 Å². The van der Waals surface area contributed by atoms with Crippen molar-refractivity contribution in [2.24, 2.45) is 0 Å². The van der Waals surface area contributed by atoms with Crippen LogP contribution in [-0.4, -0.2) is 19.4 Å². The van der Waals surface area contributed by atoms with Gasteiger partial charge in [0.05, 0.1) is 0 Å². The summed E-state index contributed by atoms with van der Waals surface area (Å²) in [7, 11) is 1.92. The first-order valence-corrected chi connectivity index (χ1v) is 3.87. The van der Waals surface area contributed by atoms with E-state index < -0.39 is 0 Å². The van der Waals surface area contributed by atoms with E-state index in [2.05, 4.69) is 10.2 Å². The molecular weight excluding hydrogens is 96.2 g/mol. The molecule has 0 amide bonds. The highest BCUT2D eigenvalue weighted by atomic mass is 28.3. The van der Waals surface area contributed by atoms with Crippen molar-refractivity contribution in [2.45, 2.75) is 5.67 Å². The van der Waals surface area contributed by atoms with Crippen LogP contribution in [0.3, 0.4) is 0 Å². The third-order valence-corrected chi connectivity index (χ3v) is 2.68. The maximum Gasteiger partial charge on any atom is 0.155 e. The summed E-state index contributed by atoms with van der Waals surface area (Å²) in [5.74, 6) is 0. The predicted octanol–water partition coefficient (Wildman–Crippen LogP) is -1.29. The molecule has 1 aliphatic heterocycles. The van der Waals surface area contributed by atoms with E-state index in [-0.39, 0.29) is 0 Å². The van der Waals surface area contributed by atoms with Gasteiger partial charge in [0, 0.05) is 0 Å². The number of hydrogen-bond donors (Lipinski definition) is 2. The van der Waals surface area contributed by atoms with Crippen LogP contribution in [0.15, 0.2) is 0 Å². The van der Waals surface area contributed by atoms with Crippen molar-refractivity contribution in [3.8, 4) is 0 Å². The van der Waals surface area contributed by atoms with Crippen LogP contribution < -0.4 is 10.2 Å². The molecule has 26 valence electrons. The van der Waals surface area contributed by atoms with Gasteiger partial charge >= 0.3 is 0 Å². The van der Waals surface area contributed by atoms with Gasteiger partial charge in [-0.05, 0) is 5.67 Å². The number of hydrazine groups is 1. The third kappa shape index (κ3) is 0.842. The summed E-state index contributed by atoms with van der Waals surface area (Å²) in [6, 6.07) is 0. The molecule has 0 aromatic heterocycles. The van der Waals surface area contributed by atoms with Gasteiger partial charge in [0.25, 0.3) is 0 Å². The van der Waals surface area contributed by atoms with Crippen molar-refractivity contribution in [3.63, 3.8) is 0 Å². The molecule has 0 spiro atoms. The normalized spacial score (nSPS) is 24.0. The van der Waals surface area contributed by atoms with Crippen LogP contribution in [0.5, 0.6) is 0 Å². The maximum atomic E-state index is 3.01. The smallest absolute Gasteiger partial charge is 0.155 e. The highest BCUT2D eigenvalue weighted by Crippen LogP contribution is 1.69. The highest BCUT2D eigenvalue weighted by Gasteiger charge is 1.96. The van der Waals surface area contributed by atoms with Gasteiger partial charge in [-0.25, -0.2) is 0 Å². The van der Waals surface area contributed by atoms with Crippen LogP contribution in [0.4, 0.5) is 0 Å². The van der Waals surface area contributed by atoms with Crippen LogP contribution in [0.1, 0.15) is 0 Å². The van der Waals surface area contributed by atoms with E-state index >= 15 is 0 Å². The van der Waals surface area contributed by atoms with Crippen molar-refractivity contribution in [1.29, 1.82) is 0 Å². The fourth-order valence-electron chi connectivity index (χ4n) is 0.221. The third-order valence-electron chi connectivity index (χ3n) is 0.416. The molecule has 1 fully saturated rings. The first-order chi connectivity index (χ1) is 2.50. The molecule has 2 nitrogen and oxygen atoms in total. The van der Waals surface area contributed by atoms with Crippen molar-refractivity contribution in [1.82, 2.24) is 10.2 Å². The number of hydrogen-bond acceptors (Lipinski definition) is 2. The van der Waals surface area contributed by atoms with Crippen LogP contribution >= 0.6 is 0 Å². The summed E-state index contributed by atoms with van der Waals surface area (Å²) >= 11 is 0. The molecule has 0 atom stereocenters. The molecule has 4 heteroatoms. The molecule has 0 unspecified atom stereocenters. The lowest BCUT2D eigenvalue weighted by atomic mass is 11.9. The van der Waals surface area contributed by atoms with E-state index in [1.165, 1.54) is 5.67 Å². The number of nitrogens with one attached hydrogen (secondary N) is 2. The molecule has 1 aliphatic rings. The average Bonchev–Trinajstić information content (AvgIpc) is 1.76. The summed E-state index contributed by atoms with van der Waals surface area (Å²) in [6.07, 6.45) is 0. The Morgan fingerprint density at radius 3 is 2.00 bits per heavy atom. The first kappa shape index (κ1) is 3.54. The zero-order valence-corrected chi connectivity index (χ0v) is 4.71. The van der Waals surface area contributed by atoms with Gasteiger partial charge in [0.1, 0.15) is 0 Å². The fourth-order valence-corrected chi connectivity index (χ4v) is 1.99. The first-order valence-electron chi connectivity index (χ1n) is 1.46. The van der Waals surface area contributed by atoms with Gasteiger partial charge in [-0.1, -0.05) is 0 Å². The second-order valence-electron chi connectivity index (χ2n) is 0.780. The van der Waals surface area contributed by atoms with Crippen LogP contribution in [0, 0.1) is 0 Å². The molecule has 5 heavy (non-hydrogen) atoms. The fraction of sp³-hybridized carbons (Fsp3) is 1.00. The van der Waals surface area contributed by atoms with E-state index in [1.54, 1.807) is 0 Å². The zero-order valence-electron chi connectivity index (χ0n) is 2.71. The summed E-state index contributed by atoms with van der Waals surface area (Å²) < 4.78 is 0. The van der Waals surface area contributed by atoms with Crippen LogP contribution in [0.2, 0.25) is 5.67 Å². The monoisotopic (exact) mass is 100.0 g/mol. The lowest BCUT2D eigenvalue weighted by molar-refractivity contribution is 0.965. The molecule has 4 radical (unpaired) electrons. The molecule has 1 heterocycles. The Labute approximate surface area is 36.1 Å². The van der Waals surface area contributed by atoms with Gasteiger partial charge in [-0.15, -0.1) is 0 Å². The Bertz CT molecular complexity index is 19.2. The predicted molar refractivity (Wildman–Crippen MR) is 22.6 cm³/mol. The number of rotatable bonds is 0. The van der Waals surface area contributed by atoms with E-state index in [0.29, 0.717) is 0 Å². The lowest BCUT2D eigenvalue weighted by Gasteiger charge is -1.80. The van der Waals surface area contributed by atoms with Gasteiger partial charge < -0.3 is 0 Å². The molecule has 0 saturated carbocycles. The minimum absolute atomic E-state index is 0.960. The Morgan fingerprint density at radius 1 is 1.20 bits per heavy atom. The van der Waals surface area contributed by atoms with E-state index in [4.69, 9.17) is 0 Å². The summed E-state index contributed by atoms with van der Waals surface area (Å²) in [6.45, 7) is 0. The average molecular weight is 100 g/mol. The highest BCUT2D eigenvalue weighted by molar-refractivity contribution is 6.57. The van der Waals surface area contributed by atoms with Gasteiger partial charge in [-0.3, -0.25) is 10.2 Å². The molecular formula is CH4N2Si2. The summed E-state index contributed by atoms with van der Waals surface area (Å²) in [4.78, 5) is 0. The van der Waals surface area contributed by atoms with Crippen LogP contribution in [-0.2, 0) is 0 Å². The maximum absolute atomic E-state index is 3.01. The molecule has 0 aliphatic carbocycles. The Kier molecular flexibility index (Phi) is 1.21. The second kappa shape index (κ2) is 1.71. The largest absolute Gasteiger partial charge is 0.288 e. The van der Waals surface area contributed by atoms with E-state index in [0.717, 1.165) is 19.4 Å². The summed E-state index contributed by atoms with van der Waals surface area (Å²) in [5.41, 5.74) is 1.33. The summed E-state index contributed by atoms with van der Waals surface area (Å²) in [5, 5.41) is 6.02. The van der Waals surface area contributed by atoms with Crippen LogP contribution in [0.25, 0.3) is 0 Å². The Hall–Kier alpha value is 0.354. The van der Waals surface area contributed by atoms with Crippen molar-refractivity contribution < 1.29 is 0 Å². The molecule has 2 N–H and O–H groups in total. The van der Waals surface area contributed by atoms with Crippen molar-refractivity contribution >= 4 is 19.4 Å². The lowest BCUT2D eigenvalue weighted by Crippen LogP contribution is -2.25. The van der Waals surface area contributed by atoms with E-state index in [9.17, 15) is 0 Å². The molecule has 0 aromatic carbocycles. The molecule has 1 saturated heterocycles. The SMILES string of the molecule is C1[Si]NN[Si]1. The van der Waals surface area contributed by atoms with Gasteiger partial charge in [0.2, 0.25) is 0 Å².